The van der Waals surface area contributed by atoms with Crippen molar-refractivity contribution in [3.8, 4) is 5.69 Å². The molecular formula is C16H18ClN3O3. The Morgan fingerprint density at radius 1 is 1.35 bits per heavy atom. The van der Waals surface area contributed by atoms with E-state index in [9.17, 15) is 9.59 Å². The Kier molecular flexibility index (Phi) is 5.39. The van der Waals surface area contributed by atoms with E-state index in [1.165, 1.54) is 0 Å². The molecule has 0 aliphatic rings. The first kappa shape index (κ1) is 17.0. The van der Waals surface area contributed by atoms with Crippen molar-refractivity contribution in [2.24, 2.45) is 0 Å². The lowest BCUT2D eigenvalue weighted by molar-refractivity contribution is -0.137. The van der Waals surface area contributed by atoms with Crippen LogP contribution in [0.15, 0.2) is 30.5 Å². The number of hydrogen-bond acceptors (Lipinski definition) is 3. The average Bonchev–Trinajstić information content (AvgIpc) is 2.88. The molecule has 0 bridgehead atoms. The van der Waals surface area contributed by atoms with Crippen LogP contribution < -0.4 is 5.32 Å². The fourth-order valence-corrected chi connectivity index (χ4v) is 2.25. The molecule has 2 aromatic rings. The molecule has 2 rings (SSSR count). The molecule has 0 radical (unpaired) electrons. The first-order valence-electron chi connectivity index (χ1n) is 7.21. The largest absolute Gasteiger partial charge is 0.481 e. The highest BCUT2D eigenvalue weighted by molar-refractivity contribution is 6.30. The van der Waals surface area contributed by atoms with Crippen LogP contribution in [0.3, 0.4) is 0 Å². The third kappa shape index (κ3) is 4.56. The minimum absolute atomic E-state index is 0.0183. The fraction of sp³-hybridized carbons (Fsp3) is 0.312. The molecule has 1 amide bonds. The Bertz CT molecular complexity index is 710. The summed E-state index contributed by atoms with van der Waals surface area (Å²) in [6.07, 6.45) is 2.05. The quantitative estimate of drug-likeness (QED) is 0.850. The Morgan fingerprint density at radius 2 is 2.00 bits per heavy atom. The minimum atomic E-state index is -0.877. The fourth-order valence-electron chi connectivity index (χ4n) is 2.12. The number of carbonyl (C=O) groups excluding carboxylic acids is 1. The molecule has 0 saturated carbocycles. The molecule has 122 valence electrons. The van der Waals surface area contributed by atoms with Crippen molar-refractivity contribution in [3.05, 3.63) is 46.7 Å². The van der Waals surface area contributed by atoms with Crippen molar-refractivity contribution in [1.82, 2.24) is 15.1 Å². The number of halogens is 1. The van der Waals surface area contributed by atoms with E-state index in [0.29, 0.717) is 22.7 Å². The summed E-state index contributed by atoms with van der Waals surface area (Å²) in [6, 6.07) is 6.90. The standard InChI is InChI=1S/C16H18ClN3O3/c1-10(3-8-15(21)22)18-16(23)14-9-20(19-11(14)2)13-6-4-12(17)5-7-13/h4-7,9-10H,3,8H2,1-2H3,(H,18,23)(H,21,22). The number of aryl methyl sites for hydroxylation is 1. The highest BCUT2D eigenvalue weighted by Crippen LogP contribution is 2.15. The molecular weight excluding hydrogens is 318 g/mol. The topological polar surface area (TPSA) is 84.2 Å². The van der Waals surface area contributed by atoms with Crippen molar-refractivity contribution in [2.45, 2.75) is 32.7 Å². The summed E-state index contributed by atoms with van der Waals surface area (Å²) in [5, 5.41) is 16.4. The van der Waals surface area contributed by atoms with E-state index < -0.39 is 5.97 Å². The van der Waals surface area contributed by atoms with Crippen LogP contribution in [-0.2, 0) is 4.79 Å². The number of amides is 1. The van der Waals surface area contributed by atoms with Crippen LogP contribution in [-0.4, -0.2) is 32.8 Å². The molecule has 23 heavy (non-hydrogen) atoms. The molecule has 7 heteroatoms. The lowest BCUT2D eigenvalue weighted by Crippen LogP contribution is -2.33. The Balaban J connectivity index is 2.09. The van der Waals surface area contributed by atoms with Crippen molar-refractivity contribution in [2.75, 3.05) is 0 Å². The highest BCUT2D eigenvalue weighted by atomic mass is 35.5. The summed E-state index contributed by atoms with van der Waals surface area (Å²) in [6.45, 7) is 3.53. The van der Waals surface area contributed by atoms with Crippen LogP contribution in [0, 0.1) is 6.92 Å². The summed E-state index contributed by atoms with van der Waals surface area (Å²) in [5.41, 5.74) is 1.86. The maximum Gasteiger partial charge on any atom is 0.303 e. The van der Waals surface area contributed by atoms with Crippen LogP contribution in [0.5, 0.6) is 0 Å². The number of hydrogen-bond donors (Lipinski definition) is 2. The summed E-state index contributed by atoms with van der Waals surface area (Å²) < 4.78 is 1.61. The minimum Gasteiger partial charge on any atom is -0.481 e. The van der Waals surface area contributed by atoms with Crippen LogP contribution in [0.2, 0.25) is 5.02 Å². The number of nitrogens with zero attached hydrogens (tertiary/aromatic N) is 2. The van der Waals surface area contributed by atoms with E-state index in [0.717, 1.165) is 5.69 Å². The number of rotatable bonds is 6. The SMILES string of the molecule is Cc1nn(-c2ccc(Cl)cc2)cc1C(=O)NC(C)CCC(=O)O. The number of carboxylic acids is 1. The first-order valence-corrected chi connectivity index (χ1v) is 7.59. The lowest BCUT2D eigenvalue weighted by Gasteiger charge is -2.12. The summed E-state index contributed by atoms with van der Waals surface area (Å²) >= 11 is 5.86. The van der Waals surface area contributed by atoms with E-state index in [-0.39, 0.29) is 18.4 Å². The Morgan fingerprint density at radius 3 is 2.61 bits per heavy atom. The monoisotopic (exact) mass is 335 g/mol. The maximum absolute atomic E-state index is 12.3. The van der Waals surface area contributed by atoms with Gasteiger partial charge in [-0.15, -0.1) is 0 Å². The average molecular weight is 336 g/mol. The van der Waals surface area contributed by atoms with Gasteiger partial charge >= 0.3 is 5.97 Å². The zero-order valence-corrected chi connectivity index (χ0v) is 13.7. The Labute approximate surface area is 139 Å². The third-order valence-electron chi connectivity index (χ3n) is 3.40. The van der Waals surface area contributed by atoms with Crippen molar-refractivity contribution in [1.29, 1.82) is 0 Å². The van der Waals surface area contributed by atoms with Gasteiger partial charge in [-0.05, 0) is 44.5 Å². The predicted octanol–water partition coefficient (Wildman–Crippen LogP) is 2.82. The molecule has 0 fully saturated rings. The first-order chi connectivity index (χ1) is 10.9. The molecule has 1 unspecified atom stereocenters. The van der Waals surface area contributed by atoms with Gasteiger partial charge in [-0.2, -0.15) is 5.10 Å². The van der Waals surface area contributed by atoms with Gasteiger partial charge in [0.25, 0.3) is 5.91 Å². The Hall–Kier alpha value is -2.34. The zero-order valence-electron chi connectivity index (χ0n) is 12.9. The number of aromatic nitrogens is 2. The highest BCUT2D eigenvalue weighted by Gasteiger charge is 2.16. The molecule has 1 aromatic carbocycles. The second kappa shape index (κ2) is 7.28. The van der Waals surface area contributed by atoms with Crippen molar-refractivity contribution < 1.29 is 14.7 Å². The normalized spacial score (nSPS) is 12.0. The van der Waals surface area contributed by atoms with Gasteiger partial charge < -0.3 is 10.4 Å². The number of aliphatic carboxylic acids is 1. The van der Waals surface area contributed by atoms with Crippen LogP contribution >= 0.6 is 11.6 Å². The van der Waals surface area contributed by atoms with Crippen molar-refractivity contribution in [3.63, 3.8) is 0 Å². The summed E-state index contributed by atoms with van der Waals surface area (Å²) in [7, 11) is 0. The van der Waals surface area contributed by atoms with Crippen LogP contribution in [0.1, 0.15) is 35.8 Å². The van der Waals surface area contributed by atoms with Gasteiger partial charge in [0.2, 0.25) is 0 Å². The van der Waals surface area contributed by atoms with E-state index in [1.807, 2.05) is 12.1 Å². The lowest BCUT2D eigenvalue weighted by atomic mass is 10.1. The number of benzene rings is 1. The molecule has 1 aromatic heterocycles. The van der Waals surface area contributed by atoms with Crippen molar-refractivity contribution >= 4 is 23.5 Å². The second-order valence-corrected chi connectivity index (χ2v) is 5.79. The van der Waals surface area contributed by atoms with Gasteiger partial charge in [0, 0.05) is 23.7 Å². The molecule has 6 nitrogen and oxygen atoms in total. The number of carboxylic acid groups (broad SMARTS) is 1. The van der Waals surface area contributed by atoms with E-state index >= 15 is 0 Å². The van der Waals surface area contributed by atoms with Gasteiger partial charge in [-0.25, -0.2) is 4.68 Å². The van der Waals surface area contributed by atoms with Gasteiger partial charge in [0.05, 0.1) is 16.9 Å². The molecule has 1 atom stereocenters. The molecule has 2 N–H and O–H groups in total. The van der Waals surface area contributed by atoms with Gasteiger partial charge in [0.1, 0.15) is 0 Å². The van der Waals surface area contributed by atoms with E-state index in [4.69, 9.17) is 16.7 Å². The van der Waals surface area contributed by atoms with Gasteiger partial charge in [-0.3, -0.25) is 9.59 Å². The van der Waals surface area contributed by atoms with E-state index in [1.54, 1.807) is 36.9 Å². The van der Waals surface area contributed by atoms with E-state index in [2.05, 4.69) is 10.4 Å². The van der Waals surface area contributed by atoms with Gasteiger partial charge in [-0.1, -0.05) is 11.6 Å². The van der Waals surface area contributed by atoms with Crippen LogP contribution in [0.25, 0.3) is 5.69 Å². The van der Waals surface area contributed by atoms with Gasteiger partial charge in [0.15, 0.2) is 0 Å². The van der Waals surface area contributed by atoms with Crippen LogP contribution in [0.4, 0.5) is 0 Å². The smallest absolute Gasteiger partial charge is 0.303 e. The molecule has 0 spiro atoms. The third-order valence-corrected chi connectivity index (χ3v) is 3.66. The zero-order chi connectivity index (χ0) is 17.0. The second-order valence-electron chi connectivity index (χ2n) is 5.36. The molecule has 0 saturated heterocycles. The molecule has 0 aliphatic heterocycles. The maximum atomic E-state index is 12.3. The molecule has 1 heterocycles. The summed E-state index contributed by atoms with van der Waals surface area (Å²) in [4.78, 5) is 22.8. The molecule has 0 aliphatic carbocycles. The summed E-state index contributed by atoms with van der Waals surface area (Å²) in [5.74, 6) is -1.14. The predicted molar refractivity (Wildman–Crippen MR) is 87.1 cm³/mol. The number of nitrogens with one attached hydrogen (secondary N) is 1. The number of carbonyl (C=O) groups is 2.